The number of carbonyl (C=O) groups excluding carboxylic acids is 2. The van der Waals surface area contributed by atoms with E-state index in [0.29, 0.717) is 36.4 Å². The summed E-state index contributed by atoms with van der Waals surface area (Å²) in [5.41, 5.74) is 0.390. The lowest BCUT2D eigenvalue weighted by Crippen LogP contribution is -2.36. The van der Waals surface area contributed by atoms with Crippen molar-refractivity contribution in [3.05, 3.63) is 107 Å². The number of aromatic nitrogens is 2. The molecule has 2 aromatic carbocycles. The minimum Gasteiger partial charge on any atom is -0.507 e. The van der Waals surface area contributed by atoms with Gasteiger partial charge in [-0.25, -0.2) is 4.57 Å². The third-order valence-electron chi connectivity index (χ3n) is 5.85. The van der Waals surface area contributed by atoms with E-state index in [1.165, 1.54) is 23.1 Å². The van der Waals surface area contributed by atoms with E-state index < -0.39 is 22.7 Å². The van der Waals surface area contributed by atoms with Crippen molar-refractivity contribution in [3.63, 3.8) is 0 Å². The van der Waals surface area contributed by atoms with Crippen molar-refractivity contribution in [1.29, 1.82) is 0 Å². The third kappa shape index (κ3) is 5.02. The average Bonchev–Trinajstić information content (AvgIpc) is 3.50. The Labute approximate surface area is 206 Å². The lowest BCUT2D eigenvalue weighted by Gasteiger charge is -2.25. The Balaban J connectivity index is 1.73. The molecule has 1 amide bonds. The molecule has 4 rings (SSSR count). The number of nitro groups is 1. The number of aliphatic hydroxyl groups is 1. The van der Waals surface area contributed by atoms with Crippen molar-refractivity contribution in [3.8, 4) is 5.75 Å². The summed E-state index contributed by atoms with van der Waals surface area (Å²) in [6, 6.07) is 11.2. The first-order valence-corrected chi connectivity index (χ1v) is 11.3. The van der Waals surface area contributed by atoms with Crippen LogP contribution < -0.4 is 9.30 Å². The number of nitrogens with zero attached hydrogens (tertiary/aromatic N) is 3. The van der Waals surface area contributed by atoms with Crippen molar-refractivity contribution in [2.45, 2.75) is 19.0 Å². The first-order chi connectivity index (χ1) is 17.4. The highest BCUT2D eigenvalue weighted by Gasteiger charge is 2.46. The number of aromatic amines is 1. The summed E-state index contributed by atoms with van der Waals surface area (Å²) in [5.74, 6) is -1.42. The fraction of sp³-hybridized carbons (Fsp3) is 0.192. The zero-order valence-electron chi connectivity index (χ0n) is 19.4. The van der Waals surface area contributed by atoms with Gasteiger partial charge in [-0.15, -0.1) is 0 Å². The molecule has 1 aliphatic rings. The fourth-order valence-electron chi connectivity index (χ4n) is 4.17. The number of imidazole rings is 1. The normalized spacial score (nSPS) is 16.8. The molecule has 10 nitrogen and oxygen atoms in total. The molecule has 0 radical (unpaired) electrons. The Morgan fingerprint density at radius 2 is 2.03 bits per heavy atom. The predicted molar refractivity (Wildman–Crippen MR) is 130 cm³/mol. The van der Waals surface area contributed by atoms with Gasteiger partial charge in [0.25, 0.3) is 17.4 Å². The maximum Gasteiger partial charge on any atom is 0.295 e. The highest BCUT2D eigenvalue weighted by Crippen LogP contribution is 2.40. The first kappa shape index (κ1) is 24.4. The number of aryl methyl sites for hydroxylation is 1. The van der Waals surface area contributed by atoms with E-state index in [1.807, 2.05) is 10.8 Å². The summed E-state index contributed by atoms with van der Waals surface area (Å²) in [4.78, 5) is 41.4. The summed E-state index contributed by atoms with van der Waals surface area (Å²) in [5, 5.41) is 22.6. The van der Waals surface area contributed by atoms with Crippen LogP contribution in [0.5, 0.6) is 5.75 Å². The molecular formula is C26H25N4O6+. The van der Waals surface area contributed by atoms with E-state index >= 15 is 0 Å². The quantitative estimate of drug-likeness (QED) is 0.0855. The van der Waals surface area contributed by atoms with Gasteiger partial charge in [-0.2, -0.15) is 0 Å². The molecule has 1 aromatic heterocycles. The number of amides is 1. The van der Waals surface area contributed by atoms with Gasteiger partial charge in [-0.3, -0.25) is 24.7 Å². The molecule has 1 fully saturated rings. The van der Waals surface area contributed by atoms with Crippen LogP contribution in [-0.2, 0) is 16.1 Å². The molecule has 2 N–H and O–H groups in total. The number of carbonyl (C=O) groups is 2. The van der Waals surface area contributed by atoms with Crippen LogP contribution in [0.15, 0.2) is 85.5 Å². The third-order valence-corrected chi connectivity index (χ3v) is 5.85. The number of Topliss-reactive ketones (excluding diaryl/α,β-unsaturated/α-hetero) is 1. The van der Waals surface area contributed by atoms with E-state index in [0.717, 1.165) is 0 Å². The van der Waals surface area contributed by atoms with Crippen molar-refractivity contribution < 1.29 is 28.9 Å². The Kier molecular flexibility index (Phi) is 7.24. The molecule has 10 heteroatoms. The van der Waals surface area contributed by atoms with E-state index in [4.69, 9.17) is 4.74 Å². The van der Waals surface area contributed by atoms with E-state index in [-0.39, 0.29) is 23.6 Å². The number of benzene rings is 2. The number of hydrogen-bond acceptors (Lipinski definition) is 6. The van der Waals surface area contributed by atoms with Crippen LogP contribution >= 0.6 is 0 Å². The van der Waals surface area contributed by atoms with Gasteiger partial charge in [-0.05, 0) is 29.8 Å². The number of nitro benzene ring substituents is 1. The van der Waals surface area contributed by atoms with Gasteiger partial charge >= 0.3 is 0 Å². The van der Waals surface area contributed by atoms with Crippen LogP contribution in [0.25, 0.3) is 5.76 Å². The molecule has 36 heavy (non-hydrogen) atoms. The molecular weight excluding hydrogens is 464 g/mol. The summed E-state index contributed by atoms with van der Waals surface area (Å²) in [7, 11) is 0. The van der Waals surface area contributed by atoms with E-state index in [1.54, 1.807) is 48.9 Å². The first-order valence-electron chi connectivity index (χ1n) is 11.3. The fourth-order valence-corrected chi connectivity index (χ4v) is 4.17. The molecule has 0 bridgehead atoms. The predicted octanol–water partition coefficient (Wildman–Crippen LogP) is 3.29. The Hall–Kier alpha value is -4.73. The van der Waals surface area contributed by atoms with Gasteiger partial charge in [0.05, 0.1) is 23.1 Å². The monoisotopic (exact) mass is 489 g/mol. The molecule has 1 atom stereocenters. The Morgan fingerprint density at radius 1 is 1.25 bits per heavy atom. The lowest BCUT2D eigenvalue weighted by molar-refractivity contribution is -0.695. The summed E-state index contributed by atoms with van der Waals surface area (Å²) in [6.45, 7) is 4.70. The second kappa shape index (κ2) is 10.7. The average molecular weight is 490 g/mol. The van der Waals surface area contributed by atoms with E-state index in [9.17, 15) is 24.8 Å². The van der Waals surface area contributed by atoms with Gasteiger partial charge in [0, 0.05) is 30.7 Å². The lowest BCUT2D eigenvalue weighted by atomic mass is 9.95. The van der Waals surface area contributed by atoms with Crippen molar-refractivity contribution >= 4 is 23.1 Å². The maximum atomic E-state index is 13.1. The highest BCUT2D eigenvalue weighted by atomic mass is 16.6. The standard InChI is InChI=1S/C26H24N4O6/c1-2-15-36-21-9-7-18(8-10-21)24(31)22-23(19-5-3-6-20(16-19)30(34)35)29(26(33)25(22)32)13-4-12-28-14-11-27-17-28/h2-3,5-11,14,16-17,23H,1,4,12-13,15H2,(H,31,32)/p+1. The zero-order valence-corrected chi connectivity index (χ0v) is 19.4. The maximum absolute atomic E-state index is 13.1. The molecule has 0 spiro atoms. The molecule has 1 aliphatic heterocycles. The summed E-state index contributed by atoms with van der Waals surface area (Å²) < 4.78 is 7.36. The zero-order chi connectivity index (χ0) is 25.7. The van der Waals surface area contributed by atoms with Crippen LogP contribution in [0.1, 0.15) is 23.6 Å². The van der Waals surface area contributed by atoms with Crippen LogP contribution in [-0.4, -0.2) is 44.8 Å². The van der Waals surface area contributed by atoms with Gasteiger partial charge < -0.3 is 14.7 Å². The number of non-ortho nitro benzene ring substituents is 1. The molecule has 3 aromatic rings. The van der Waals surface area contributed by atoms with E-state index in [2.05, 4.69) is 11.6 Å². The van der Waals surface area contributed by atoms with Gasteiger partial charge in [0.15, 0.2) is 0 Å². The van der Waals surface area contributed by atoms with Crippen molar-refractivity contribution in [2.75, 3.05) is 13.2 Å². The topological polar surface area (TPSA) is 130 Å². The van der Waals surface area contributed by atoms with Gasteiger partial charge in [0.1, 0.15) is 30.5 Å². The van der Waals surface area contributed by atoms with Crippen molar-refractivity contribution in [1.82, 2.24) is 9.88 Å². The van der Waals surface area contributed by atoms with Gasteiger partial charge in [-0.1, -0.05) is 24.8 Å². The minimum absolute atomic E-state index is 0.116. The molecule has 0 aliphatic carbocycles. The number of aliphatic hydroxyl groups excluding tert-OH is 1. The number of ether oxygens (including phenoxy) is 1. The number of nitrogens with one attached hydrogen (secondary N) is 1. The summed E-state index contributed by atoms with van der Waals surface area (Å²) >= 11 is 0. The number of H-pyrrole nitrogens is 1. The van der Waals surface area contributed by atoms with Crippen LogP contribution in [0, 0.1) is 10.1 Å². The SMILES string of the molecule is C=CCOc1ccc(/C(O)=C2\C(=O)C(=O)N(CCC[n+]3cc[nH]c3)C2c2cccc([N+](=O)[O-])c2)cc1. The number of rotatable bonds is 10. The number of hydrogen-bond donors (Lipinski definition) is 2. The van der Waals surface area contributed by atoms with Crippen LogP contribution in [0.2, 0.25) is 0 Å². The van der Waals surface area contributed by atoms with Crippen LogP contribution in [0.4, 0.5) is 5.69 Å². The molecule has 0 saturated carbocycles. The number of ketones is 1. The second-order valence-corrected chi connectivity index (χ2v) is 8.17. The van der Waals surface area contributed by atoms with Gasteiger partial charge in [0.2, 0.25) is 6.33 Å². The largest absolute Gasteiger partial charge is 0.507 e. The van der Waals surface area contributed by atoms with Crippen LogP contribution in [0.3, 0.4) is 0 Å². The number of likely N-dealkylation sites (tertiary alicyclic amines) is 1. The molecule has 1 saturated heterocycles. The highest BCUT2D eigenvalue weighted by molar-refractivity contribution is 6.46. The van der Waals surface area contributed by atoms with Crippen molar-refractivity contribution in [2.24, 2.45) is 0 Å². The minimum atomic E-state index is -0.974. The Bertz CT molecular complexity index is 1310. The molecule has 1 unspecified atom stereocenters. The Morgan fingerprint density at radius 3 is 2.69 bits per heavy atom. The smallest absolute Gasteiger partial charge is 0.295 e. The molecule has 184 valence electrons. The second-order valence-electron chi connectivity index (χ2n) is 8.17. The summed E-state index contributed by atoms with van der Waals surface area (Å²) in [6.07, 6.45) is 7.51. The molecule has 2 heterocycles.